The molecule has 0 aromatic heterocycles. The van der Waals surface area contributed by atoms with Crippen molar-refractivity contribution in [2.24, 2.45) is 0 Å². The highest BCUT2D eigenvalue weighted by atomic mass is 35.5. The van der Waals surface area contributed by atoms with Crippen LogP contribution in [0.3, 0.4) is 0 Å². The number of amides is 1. The van der Waals surface area contributed by atoms with E-state index in [2.05, 4.69) is 5.32 Å². The van der Waals surface area contributed by atoms with E-state index in [1.807, 2.05) is 29.2 Å². The lowest BCUT2D eigenvalue weighted by molar-refractivity contribution is -0.117. The molecule has 0 saturated heterocycles. The first-order chi connectivity index (χ1) is 9.65. The molecule has 1 amide bonds. The fourth-order valence-electron chi connectivity index (χ4n) is 2.95. The van der Waals surface area contributed by atoms with Crippen LogP contribution in [0.2, 0.25) is 5.02 Å². The van der Waals surface area contributed by atoms with Gasteiger partial charge in [0.05, 0.1) is 16.4 Å². The summed E-state index contributed by atoms with van der Waals surface area (Å²) < 4.78 is 13.6. The molecular weight excluding hydrogens is 279 g/mol. The Morgan fingerprint density at radius 1 is 1.25 bits per heavy atom. The molecular formula is C15H10ClFN2O. The van der Waals surface area contributed by atoms with E-state index in [1.165, 1.54) is 6.07 Å². The Bertz CT molecular complexity index is 747. The van der Waals surface area contributed by atoms with E-state index >= 15 is 0 Å². The Morgan fingerprint density at radius 3 is 2.90 bits per heavy atom. The number of nitrogens with zero attached hydrogens (tertiary/aromatic N) is 1. The lowest BCUT2D eigenvalue weighted by Crippen LogP contribution is -2.43. The third kappa shape index (κ3) is 1.48. The molecule has 1 N–H and O–H groups in total. The van der Waals surface area contributed by atoms with Crippen LogP contribution < -0.4 is 10.2 Å². The number of benzene rings is 2. The van der Waals surface area contributed by atoms with Crippen LogP contribution in [0.5, 0.6) is 0 Å². The second-order valence-electron chi connectivity index (χ2n) is 4.99. The third-order valence-electron chi connectivity index (χ3n) is 3.83. The van der Waals surface area contributed by atoms with E-state index in [0.717, 1.165) is 16.9 Å². The van der Waals surface area contributed by atoms with Gasteiger partial charge in [-0.3, -0.25) is 4.79 Å². The van der Waals surface area contributed by atoms with Crippen LogP contribution in [0.4, 0.5) is 21.5 Å². The van der Waals surface area contributed by atoms with Gasteiger partial charge in [0.1, 0.15) is 11.9 Å². The molecule has 2 aromatic carbocycles. The van der Waals surface area contributed by atoms with Crippen LogP contribution in [0, 0.1) is 5.82 Å². The highest BCUT2D eigenvalue weighted by Gasteiger charge is 2.40. The summed E-state index contributed by atoms with van der Waals surface area (Å²) in [5.41, 5.74) is 3.30. The molecule has 1 atom stereocenters. The third-order valence-corrected chi connectivity index (χ3v) is 4.12. The van der Waals surface area contributed by atoms with Gasteiger partial charge in [-0.1, -0.05) is 29.8 Å². The van der Waals surface area contributed by atoms with E-state index in [-0.39, 0.29) is 17.0 Å². The molecule has 100 valence electrons. The molecule has 0 aliphatic carbocycles. The van der Waals surface area contributed by atoms with Crippen molar-refractivity contribution >= 4 is 34.6 Å². The number of hydrogen-bond donors (Lipinski definition) is 1. The quantitative estimate of drug-likeness (QED) is 0.805. The van der Waals surface area contributed by atoms with Crippen LogP contribution in [0.15, 0.2) is 36.4 Å². The average Bonchev–Trinajstić information content (AvgIpc) is 2.82. The van der Waals surface area contributed by atoms with Gasteiger partial charge in [0.15, 0.2) is 0 Å². The summed E-state index contributed by atoms with van der Waals surface area (Å²) in [4.78, 5) is 14.1. The first-order valence-electron chi connectivity index (χ1n) is 6.32. The van der Waals surface area contributed by atoms with Gasteiger partial charge in [-0.2, -0.15) is 0 Å². The normalized spacial score (nSPS) is 19.2. The molecule has 2 aromatic rings. The minimum Gasteiger partial charge on any atom is -0.327 e. The Balaban J connectivity index is 1.96. The lowest BCUT2D eigenvalue weighted by Gasteiger charge is -2.33. The summed E-state index contributed by atoms with van der Waals surface area (Å²) in [6, 6.07) is 10.4. The zero-order valence-corrected chi connectivity index (χ0v) is 11.1. The Kier molecular flexibility index (Phi) is 2.32. The number of rotatable bonds is 0. The van der Waals surface area contributed by atoms with Crippen molar-refractivity contribution in [3.8, 4) is 0 Å². The van der Waals surface area contributed by atoms with Crippen molar-refractivity contribution < 1.29 is 9.18 Å². The van der Waals surface area contributed by atoms with Gasteiger partial charge in [0.2, 0.25) is 5.91 Å². The molecule has 20 heavy (non-hydrogen) atoms. The maximum absolute atomic E-state index is 13.6. The first kappa shape index (κ1) is 11.7. The number of hydrogen-bond acceptors (Lipinski definition) is 2. The highest BCUT2D eigenvalue weighted by Crippen LogP contribution is 2.45. The molecule has 2 aliphatic rings. The fraction of sp³-hybridized carbons (Fsp3) is 0.133. The molecule has 5 heteroatoms. The number of carbonyl (C=O) groups excluding carboxylic acids is 1. The number of fused-ring (bicyclic) bond motifs is 5. The lowest BCUT2D eigenvalue weighted by atomic mass is 10.1. The van der Waals surface area contributed by atoms with Gasteiger partial charge in [-0.15, -0.1) is 0 Å². The fourth-order valence-corrected chi connectivity index (χ4v) is 3.10. The summed E-state index contributed by atoms with van der Waals surface area (Å²) >= 11 is 5.89. The van der Waals surface area contributed by atoms with E-state index in [0.29, 0.717) is 12.1 Å². The van der Waals surface area contributed by atoms with Crippen LogP contribution in [0.1, 0.15) is 5.56 Å². The summed E-state index contributed by atoms with van der Waals surface area (Å²) in [6.45, 7) is 0. The molecule has 4 rings (SSSR count). The molecule has 0 bridgehead atoms. The van der Waals surface area contributed by atoms with Crippen molar-refractivity contribution in [3.63, 3.8) is 0 Å². The van der Waals surface area contributed by atoms with E-state index in [9.17, 15) is 9.18 Å². The average molecular weight is 289 g/mol. The number of carbonyl (C=O) groups is 1. The number of anilines is 3. The van der Waals surface area contributed by atoms with Crippen molar-refractivity contribution in [1.29, 1.82) is 0 Å². The summed E-state index contributed by atoms with van der Waals surface area (Å²) in [6.07, 6.45) is 0.649. The van der Waals surface area contributed by atoms with Crippen molar-refractivity contribution in [3.05, 3.63) is 52.8 Å². The summed E-state index contributed by atoms with van der Waals surface area (Å²) in [5, 5.41) is 2.81. The number of halogens is 2. The van der Waals surface area contributed by atoms with E-state index < -0.39 is 5.82 Å². The van der Waals surface area contributed by atoms with Crippen molar-refractivity contribution in [2.75, 3.05) is 10.2 Å². The highest BCUT2D eigenvalue weighted by molar-refractivity contribution is 6.31. The second kappa shape index (κ2) is 3.96. The molecule has 0 fully saturated rings. The van der Waals surface area contributed by atoms with E-state index in [1.54, 1.807) is 6.07 Å². The molecule has 3 nitrogen and oxygen atoms in total. The minimum atomic E-state index is -0.531. The van der Waals surface area contributed by atoms with Crippen LogP contribution in [0.25, 0.3) is 0 Å². The largest absolute Gasteiger partial charge is 0.327 e. The van der Waals surface area contributed by atoms with Crippen LogP contribution in [-0.2, 0) is 11.2 Å². The van der Waals surface area contributed by atoms with Crippen LogP contribution >= 0.6 is 11.6 Å². The number of nitrogens with one attached hydrogen (secondary N) is 1. The standard InChI is InChI=1S/C15H10ClFN2O/c16-9-6-13-11(7-10(9)17)18-15(20)14-5-8-3-1-2-4-12(8)19(13)14/h1-4,6-7,14H,5H2,(H,18,20). The Labute approximate surface area is 120 Å². The Hall–Kier alpha value is -2.07. The van der Waals surface area contributed by atoms with Crippen molar-refractivity contribution in [1.82, 2.24) is 0 Å². The van der Waals surface area contributed by atoms with Gasteiger partial charge in [-0.25, -0.2) is 4.39 Å². The maximum Gasteiger partial charge on any atom is 0.247 e. The zero-order valence-electron chi connectivity index (χ0n) is 10.4. The van der Waals surface area contributed by atoms with Gasteiger partial charge in [-0.05, 0) is 17.7 Å². The predicted octanol–water partition coefficient (Wildman–Crippen LogP) is 3.49. The molecule has 2 aliphatic heterocycles. The molecule has 0 saturated carbocycles. The van der Waals surface area contributed by atoms with Gasteiger partial charge in [0, 0.05) is 18.2 Å². The second-order valence-corrected chi connectivity index (χ2v) is 5.40. The molecule has 0 spiro atoms. The number of para-hydroxylation sites is 1. The van der Waals surface area contributed by atoms with Gasteiger partial charge >= 0.3 is 0 Å². The Morgan fingerprint density at radius 2 is 2.05 bits per heavy atom. The monoisotopic (exact) mass is 288 g/mol. The van der Waals surface area contributed by atoms with Gasteiger partial charge in [0.25, 0.3) is 0 Å². The maximum atomic E-state index is 13.6. The summed E-state index contributed by atoms with van der Waals surface area (Å²) in [7, 11) is 0. The van der Waals surface area contributed by atoms with Crippen LogP contribution in [-0.4, -0.2) is 11.9 Å². The van der Waals surface area contributed by atoms with Gasteiger partial charge < -0.3 is 10.2 Å². The topological polar surface area (TPSA) is 32.3 Å². The SMILES string of the molecule is O=C1Nc2cc(F)c(Cl)cc2N2c3ccccc3CC12. The summed E-state index contributed by atoms with van der Waals surface area (Å²) in [5.74, 6) is -0.646. The van der Waals surface area contributed by atoms with E-state index in [4.69, 9.17) is 11.6 Å². The van der Waals surface area contributed by atoms with Crippen molar-refractivity contribution in [2.45, 2.75) is 12.5 Å². The predicted molar refractivity (Wildman–Crippen MR) is 76.1 cm³/mol. The molecule has 1 unspecified atom stereocenters. The smallest absolute Gasteiger partial charge is 0.247 e. The molecule has 0 radical (unpaired) electrons. The molecule has 2 heterocycles. The minimum absolute atomic E-state index is 0.0584. The zero-order chi connectivity index (χ0) is 13.9. The first-order valence-corrected chi connectivity index (χ1v) is 6.70.